The molecule has 0 saturated heterocycles. The van der Waals surface area contributed by atoms with Gasteiger partial charge in [-0.2, -0.15) is 5.10 Å². The normalized spacial score (nSPS) is 12.5. The van der Waals surface area contributed by atoms with Gasteiger partial charge >= 0.3 is 0 Å². The van der Waals surface area contributed by atoms with E-state index < -0.39 is 8.32 Å². The van der Waals surface area contributed by atoms with E-state index in [1.54, 1.807) is 6.20 Å². The Labute approximate surface area is 187 Å². The molecule has 0 aliphatic carbocycles. The molecule has 0 spiro atoms. The van der Waals surface area contributed by atoms with Gasteiger partial charge < -0.3 is 14.3 Å². The van der Waals surface area contributed by atoms with Crippen molar-refractivity contribution < 1.29 is 14.3 Å². The average Bonchev–Trinajstić information content (AvgIpc) is 3.10. The minimum Gasteiger partial charge on any atom is -0.493 e. The molecule has 0 bridgehead atoms. The van der Waals surface area contributed by atoms with Crippen LogP contribution in [0.2, 0.25) is 18.1 Å². The molecule has 0 unspecified atom stereocenters. The summed E-state index contributed by atoms with van der Waals surface area (Å²) in [7, 11) is -1.85. The molecule has 2 aromatic heterocycles. The Morgan fingerprint density at radius 2 is 1.97 bits per heavy atom. The number of aliphatic hydroxyl groups excluding tert-OH is 1. The SMILES string of the molecule is CC(C)(C)[Si](C)(C)OCc1cccc(-n2ncc3c(OCCCO)cc(Br)cc32)n1. The highest BCUT2D eigenvalue weighted by molar-refractivity contribution is 9.10. The van der Waals surface area contributed by atoms with E-state index in [4.69, 9.17) is 19.3 Å². The lowest BCUT2D eigenvalue weighted by Gasteiger charge is -2.36. The molecule has 30 heavy (non-hydrogen) atoms. The largest absolute Gasteiger partial charge is 0.493 e. The standard InChI is InChI=1S/C22H30BrN3O3Si/c1-22(2,3)30(4,5)29-15-17-8-6-9-21(25-17)26-19-12-16(23)13-20(18(19)14-24-26)28-11-7-10-27/h6,8-9,12-14,27H,7,10-11,15H2,1-5H3. The van der Waals surface area contributed by atoms with Crippen LogP contribution in [0.5, 0.6) is 5.75 Å². The van der Waals surface area contributed by atoms with E-state index in [9.17, 15) is 0 Å². The number of aliphatic hydroxyl groups is 1. The van der Waals surface area contributed by atoms with Crippen molar-refractivity contribution in [1.82, 2.24) is 14.8 Å². The summed E-state index contributed by atoms with van der Waals surface area (Å²) >= 11 is 3.56. The molecule has 2 heterocycles. The van der Waals surface area contributed by atoms with Gasteiger partial charge in [-0.3, -0.25) is 0 Å². The van der Waals surface area contributed by atoms with Crippen LogP contribution in [-0.4, -0.2) is 41.4 Å². The molecule has 1 N–H and O–H groups in total. The second-order valence-corrected chi connectivity index (χ2v) is 14.6. The number of aromatic nitrogens is 3. The van der Waals surface area contributed by atoms with Crippen LogP contribution in [0.4, 0.5) is 0 Å². The molecule has 162 valence electrons. The van der Waals surface area contributed by atoms with Crippen LogP contribution >= 0.6 is 15.9 Å². The predicted molar refractivity (Wildman–Crippen MR) is 126 cm³/mol. The zero-order valence-electron chi connectivity index (χ0n) is 18.3. The van der Waals surface area contributed by atoms with Crippen LogP contribution in [0.15, 0.2) is 41.0 Å². The van der Waals surface area contributed by atoms with Gasteiger partial charge in [-0.25, -0.2) is 9.67 Å². The van der Waals surface area contributed by atoms with Crippen molar-refractivity contribution in [1.29, 1.82) is 0 Å². The zero-order chi connectivity index (χ0) is 21.9. The van der Waals surface area contributed by atoms with Crippen molar-refractivity contribution in [2.24, 2.45) is 0 Å². The molecule has 3 aromatic rings. The molecule has 1 aromatic carbocycles. The molecule has 0 amide bonds. The Balaban J connectivity index is 1.89. The minimum atomic E-state index is -1.85. The Kier molecular flexibility index (Phi) is 7.01. The third kappa shape index (κ3) is 5.11. The number of ether oxygens (including phenoxy) is 1. The third-order valence-corrected chi connectivity index (χ3v) is 10.5. The van der Waals surface area contributed by atoms with Gasteiger partial charge in [0.2, 0.25) is 0 Å². The fraction of sp³-hybridized carbons (Fsp3) is 0.455. The van der Waals surface area contributed by atoms with Crippen LogP contribution in [0, 0.1) is 0 Å². The molecule has 0 fully saturated rings. The molecule has 0 aliphatic heterocycles. The van der Waals surface area contributed by atoms with Crippen LogP contribution in [0.3, 0.4) is 0 Å². The number of benzene rings is 1. The van der Waals surface area contributed by atoms with Crippen LogP contribution in [0.1, 0.15) is 32.9 Å². The summed E-state index contributed by atoms with van der Waals surface area (Å²) in [5.74, 6) is 1.47. The summed E-state index contributed by atoms with van der Waals surface area (Å²) in [4.78, 5) is 4.79. The fourth-order valence-corrected chi connectivity index (χ4v) is 4.11. The van der Waals surface area contributed by atoms with Gasteiger partial charge in [0.05, 0.1) is 36.0 Å². The van der Waals surface area contributed by atoms with Gasteiger partial charge in [0.15, 0.2) is 14.1 Å². The summed E-state index contributed by atoms with van der Waals surface area (Å²) in [6.07, 6.45) is 2.37. The van der Waals surface area contributed by atoms with Gasteiger partial charge in [0.1, 0.15) is 5.75 Å². The number of hydrogen-bond donors (Lipinski definition) is 1. The molecular weight excluding hydrogens is 462 g/mol. The quantitative estimate of drug-likeness (QED) is 0.334. The number of rotatable bonds is 8. The summed E-state index contributed by atoms with van der Waals surface area (Å²) < 4.78 is 14.9. The molecule has 6 nitrogen and oxygen atoms in total. The Hall–Kier alpha value is -1.74. The third-order valence-electron chi connectivity index (χ3n) is 5.57. The Bertz CT molecular complexity index is 1010. The van der Waals surface area contributed by atoms with E-state index in [1.165, 1.54) is 0 Å². The van der Waals surface area contributed by atoms with E-state index >= 15 is 0 Å². The Morgan fingerprint density at radius 3 is 2.67 bits per heavy atom. The number of hydrogen-bond acceptors (Lipinski definition) is 5. The van der Waals surface area contributed by atoms with E-state index in [1.807, 2.05) is 35.0 Å². The second-order valence-electron chi connectivity index (χ2n) is 8.85. The molecule has 8 heteroatoms. The van der Waals surface area contributed by atoms with Gasteiger partial charge in [0.25, 0.3) is 0 Å². The van der Waals surface area contributed by atoms with Crippen molar-refractivity contribution in [2.45, 2.75) is 51.9 Å². The molecular formula is C22H30BrN3O3Si. The molecule has 3 rings (SSSR count). The van der Waals surface area contributed by atoms with E-state index in [0.29, 0.717) is 19.6 Å². The lowest BCUT2D eigenvalue weighted by molar-refractivity contribution is 0.235. The Morgan fingerprint density at radius 1 is 1.20 bits per heavy atom. The number of nitrogens with zero attached hydrogens (tertiary/aromatic N) is 3. The maximum absolute atomic E-state index is 9.01. The van der Waals surface area contributed by atoms with Crippen LogP contribution in [0.25, 0.3) is 16.7 Å². The fourth-order valence-electron chi connectivity index (χ4n) is 2.75. The van der Waals surface area contributed by atoms with Crippen molar-refractivity contribution in [3.8, 4) is 11.6 Å². The topological polar surface area (TPSA) is 69.4 Å². The minimum absolute atomic E-state index is 0.101. The molecule has 0 saturated carbocycles. The average molecular weight is 492 g/mol. The van der Waals surface area contributed by atoms with E-state index in [-0.39, 0.29) is 11.6 Å². The summed E-state index contributed by atoms with van der Waals surface area (Å²) in [6.45, 7) is 12.2. The first-order chi connectivity index (χ1) is 14.1. The van der Waals surface area contributed by atoms with Crippen molar-refractivity contribution in [3.63, 3.8) is 0 Å². The first-order valence-corrected chi connectivity index (χ1v) is 13.8. The lowest BCUT2D eigenvalue weighted by atomic mass is 10.2. The van der Waals surface area contributed by atoms with Crippen molar-refractivity contribution >= 4 is 35.2 Å². The first-order valence-electron chi connectivity index (χ1n) is 10.1. The lowest BCUT2D eigenvalue weighted by Crippen LogP contribution is -2.40. The number of fused-ring (bicyclic) bond motifs is 1. The van der Waals surface area contributed by atoms with Crippen molar-refractivity contribution in [3.05, 3.63) is 46.7 Å². The molecule has 0 radical (unpaired) electrons. The maximum Gasteiger partial charge on any atom is 0.192 e. The van der Waals surface area contributed by atoms with Gasteiger partial charge in [0, 0.05) is 17.5 Å². The highest BCUT2D eigenvalue weighted by Crippen LogP contribution is 2.37. The highest BCUT2D eigenvalue weighted by Gasteiger charge is 2.37. The first kappa shape index (κ1) is 22.9. The van der Waals surface area contributed by atoms with Crippen molar-refractivity contribution in [2.75, 3.05) is 13.2 Å². The molecule has 0 aliphatic rings. The van der Waals surface area contributed by atoms with Crippen LogP contribution in [-0.2, 0) is 11.0 Å². The second kappa shape index (κ2) is 9.17. The zero-order valence-corrected chi connectivity index (χ0v) is 20.9. The van der Waals surface area contributed by atoms with Gasteiger partial charge in [-0.1, -0.05) is 42.8 Å². The predicted octanol–water partition coefficient (Wildman–Crippen LogP) is 5.47. The summed E-state index contributed by atoms with van der Waals surface area (Å²) in [6, 6.07) is 9.83. The van der Waals surface area contributed by atoms with Crippen LogP contribution < -0.4 is 4.74 Å². The maximum atomic E-state index is 9.01. The van der Waals surface area contributed by atoms with Gasteiger partial charge in [-0.15, -0.1) is 0 Å². The number of halogens is 1. The monoisotopic (exact) mass is 491 g/mol. The summed E-state index contributed by atoms with van der Waals surface area (Å²) in [5, 5.41) is 14.6. The van der Waals surface area contributed by atoms with E-state index in [0.717, 1.165) is 32.6 Å². The highest BCUT2D eigenvalue weighted by atomic mass is 79.9. The van der Waals surface area contributed by atoms with Gasteiger partial charge in [-0.05, 0) is 42.4 Å². The smallest absolute Gasteiger partial charge is 0.192 e. The summed E-state index contributed by atoms with van der Waals surface area (Å²) in [5.41, 5.74) is 1.79. The number of pyridine rings is 1. The van der Waals surface area contributed by atoms with E-state index in [2.05, 4.69) is 54.9 Å². The molecule has 0 atom stereocenters.